The molecule has 0 saturated carbocycles. The lowest BCUT2D eigenvalue weighted by atomic mass is 9.77. The second-order valence-electron chi connectivity index (χ2n) is 6.12. The minimum absolute atomic E-state index is 0.125. The van der Waals surface area contributed by atoms with Crippen molar-refractivity contribution < 1.29 is 22.7 Å². The van der Waals surface area contributed by atoms with Crippen molar-refractivity contribution in [2.24, 2.45) is 7.05 Å². The number of aromatic nitrogens is 1. The summed E-state index contributed by atoms with van der Waals surface area (Å²) in [6.07, 6.45) is -4.98. The first-order chi connectivity index (χ1) is 12.1. The number of halogens is 4. The van der Waals surface area contributed by atoms with E-state index >= 15 is 0 Å². The first kappa shape index (κ1) is 18.5. The molecule has 3 rings (SSSR count). The van der Waals surface area contributed by atoms with Crippen LogP contribution in [-0.4, -0.2) is 15.8 Å². The smallest absolute Gasteiger partial charge is 0.408 e. The van der Waals surface area contributed by atoms with Crippen LogP contribution in [0.15, 0.2) is 51.7 Å². The fourth-order valence-electron chi connectivity index (χ4n) is 3.07. The number of hydrogen-bond donors (Lipinski definition) is 1. The Balaban J connectivity index is 2.25. The lowest BCUT2D eigenvalue weighted by molar-refractivity contribution is -0.274. The van der Waals surface area contributed by atoms with E-state index < -0.39 is 29.0 Å². The zero-order chi connectivity index (χ0) is 19.3. The average molecular weight is 386 g/mol. The molecule has 138 valence electrons. The first-order valence-corrected chi connectivity index (χ1v) is 8.08. The van der Waals surface area contributed by atoms with Gasteiger partial charge in [-0.1, -0.05) is 42.8 Å². The summed E-state index contributed by atoms with van der Waals surface area (Å²) in [6, 6.07) is 9.51. The lowest BCUT2D eigenvalue weighted by Crippen LogP contribution is -2.46. The van der Waals surface area contributed by atoms with Gasteiger partial charge in [-0.15, -0.1) is 0 Å². The molecule has 0 amide bonds. The van der Waals surface area contributed by atoms with Crippen molar-refractivity contribution in [1.82, 2.24) is 4.57 Å². The second-order valence-corrected chi connectivity index (χ2v) is 6.52. The molecule has 2 unspecified atom stereocenters. The number of alkyl halides is 3. The van der Waals surface area contributed by atoms with Crippen LogP contribution in [0.25, 0.3) is 11.1 Å². The predicted molar refractivity (Wildman–Crippen MR) is 91.3 cm³/mol. The third kappa shape index (κ3) is 2.71. The third-order valence-electron chi connectivity index (χ3n) is 4.66. The van der Waals surface area contributed by atoms with Crippen molar-refractivity contribution in [3.63, 3.8) is 0 Å². The van der Waals surface area contributed by atoms with E-state index in [0.29, 0.717) is 0 Å². The molecule has 0 aliphatic rings. The highest BCUT2D eigenvalue weighted by Crippen LogP contribution is 2.50. The van der Waals surface area contributed by atoms with E-state index in [2.05, 4.69) is 0 Å². The zero-order valence-corrected chi connectivity index (χ0v) is 14.6. The van der Waals surface area contributed by atoms with Crippen LogP contribution >= 0.6 is 11.6 Å². The van der Waals surface area contributed by atoms with Gasteiger partial charge in [0.2, 0.25) is 0 Å². The van der Waals surface area contributed by atoms with Crippen molar-refractivity contribution in [3.05, 3.63) is 69.2 Å². The molecule has 0 spiro atoms. The SMILES string of the molecule is CC(c1ccccc1Cl)C(O)(c1ccc2oc(=O)n(C)c2c1)C(F)(F)F. The van der Waals surface area contributed by atoms with Gasteiger partial charge in [0.15, 0.2) is 11.2 Å². The number of aliphatic hydroxyl groups is 1. The van der Waals surface area contributed by atoms with Gasteiger partial charge >= 0.3 is 11.9 Å². The van der Waals surface area contributed by atoms with Crippen LogP contribution in [0.5, 0.6) is 0 Å². The normalized spacial score (nSPS) is 15.8. The van der Waals surface area contributed by atoms with Gasteiger partial charge in [-0.2, -0.15) is 13.2 Å². The van der Waals surface area contributed by atoms with Crippen molar-refractivity contribution in [1.29, 1.82) is 0 Å². The van der Waals surface area contributed by atoms with Crippen molar-refractivity contribution in [3.8, 4) is 0 Å². The van der Waals surface area contributed by atoms with Crippen LogP contribution in [-0.2, 0) is 12.6 Å². The van der Waals surface area contributed by atoms with E-state index in [4.69, 9.17) is 16.0 Å². The Labute approximate surface area is 151 Å². The molecule has 2 atom stereocenters. The molecule has 26 heavy (non-hydrogen) atoms. The van der Waals surface area contributed by atoms with Crippen LogP contribution in [0.2, 0.25) is 5.02 Å². The summed E-state index contributed by atoms with van der Waals surface area (Å²) in [4.78, 5) is 11.6. The van der Waals surface area contributed by atoms with E-state index in [1.165, 1.54) is 32.2 Å². The molecular weight excluding hydrogens is 371 g/mol. The van der Waals surface area contributed by atoms with Crippen LogP contribution < -0.4 is 5.76 Å². The molecule has 0 aliphatic heterocycles. The Morgan fingerprint density at radius 3 is 2.46 bits per heavy atom. The number of benzene rings is 2. The minimum atomic E-state index is -4.98. The topological polar surface area (TPSA) is 55.4 Å². The summed E-state index contributed by atoms with van der Waals surface area (Å²) in [5.41, 5.74) is -3.16. The molecule has 2 aromatic carbocycles. The monoisotopic (exact) mass is 385 g/mol. The first-order valence-electron chi connectivity index (χ1n) is 7.71. The standard InChI is InChI=1S/C18H15ClF3NO3/c1-10(12-5-3-4-6-13(12)19)17(25,18(20,21)22)11-7-8-15-14(9-11)23(2)16(24)26-15/h3-10,25H,1-2H3. The van der Waals surface area contributed by atoms with Gasteiger partial charge in [-0.25, -0.2) is 4.79 Å². The summed E-state index contributed by atoms with van der Waals surface area (Å²) in [6.45, 7) is 1.26. The van der Waals surface area contributed by atoms with Gasteiger partial charge in [0.25, 0.3) is 0 Å². The molecule has 1 N–H and O–H groups in total. The Hall–Kier alpha value is -2.25. The van der Waals surface area contributed by atoms with Crippen LogP contribution in [0, 0.1) is 0 Å². The summed E-state index contributed by atoms with van der Waals surface area (Å²) in [7, 11) is 1.38. The molecule has 3 aromatic rings. The van der Waals surface area contributed by atoms with Gasteiger partial charge in [0.1, 0.15) is 0 Å². The van der Waals surface area contributed by atoms with Crippen molar-refractivity contribution in [2.45, 2.75) is 24.6 Å². The highest BCUT2D eigenvalue weighted by atomic mass is 35.5. The molecule has 0 saturated heterocycles. The Morgan fingerprint density at radius 1 is 1.19 bits per heavy atom. The largest absolute Gasteiger partial charge is 0.422 e. The van der Waals surface area contributed by atoms with E-state index in [1.807, 2.05) is 0 Å². The van der Waals surface area contributed by atoms with Crippen LogP contribution in [0.3, 0.4) is 0 Å². The Kier molecular flexibility index (Phi) is 4.40. The van der Waals surface area contributed by atoms with E-state index in [1.54, 1.807) is 12.1 Å². The average Bonchev–Trinajstić information content (AvgIpc) is 2.87. The van der Waals surface area contributed by atoms with E-state index in [-0.39, 0.29) is 21.7 Å². The predicted octanol–water partition coefficient (Wildman–Crippen LogP) is 4.34. The molecule has 0 bridgehead atoms. The fraction of sp³-hybridized carbons (Fsp3) is 0.278. The number of hydrogen-bond acceptors (Lipinski definition) is 3. The van der Waals surface area contributed by atoms with Gasteiger partial charge in [-0.05, 0) is 29.3 Å². The minimum Gasteiger partial charge on any atom is -0.408 e. The molecular formula is C18H15ClF3NO3. The summed E-state index contributed by atoms with van der Waals surface area (Å²) < 4.78 is 48.0. The maximum absolute atomic E-state index is 14.0. The van der Waals surface area contributed by atoms with E-state index in [0.717, 1.165) is 16.7 Å². The Morgan fingerprint density at radius 2 is 1.85 bits per heavy atom. The number of nitrogens with zero attached hydrogens (tertiary/aromatic N) is 1. The van der Waals surface area contributed by atoms with Gasteiger partial charge < -0.3 is 9.52 Å². The van der Waals surface area contributed by atoms with E-state index in [9.17, 15) is 23.1 Å². The lowest BCUT2D eigenvalue weighted by Gasteiger charge is -2.37. The summed E-state index contributed by atoms with van der Waals surface area (Å²) >= 11 is 6.05. The van der Waals surface area contributed by atoms with Gasteiger partial charge in [0.05, 0.1) is 5.52 Å². The zero-order valence-electron chi connectivity index (χ0n) is 13.8. The second kappa shape index (κ2) is 6.17. The molecule has 1 heterocycles. The Bertz CT molecular complexity index is 1020. The number of aryl methyl sites for hydroxylation is 1. The highest BCUT2D eigenvalue weighted by Gasteiger charge is 2.59. The van der Waals surface area contributed by atoms with Crippen LogP contribution in [0.1, 0.15) is 24.0 Å². The molecule has 4 nitrogen and oxygen atoms in total. The quantitative estimate of drug-likeness (QED) is 0.729. The maximum Gasteiger partial charge on any atom is 0.422 e. The molecule has 1 aromatic heterocycles. The fourth-order valence-corrected chi connectivity index (χ4v) is 3.37. The third-order valence-corrected chi connectivity index (χ3v) is 5.01. The number of oxazole rings is 1. The van der Waals surface area contributed by atoms with Gasteiger partial charge in [0, 0.05) is 18.0 Å². The van der Waals surface area contributed by atoms with Crippen molar-refractivity contribution >= 4 is 22.7 Å². The van der Waals surface area contributed by atoms with Crippen LogP contribution in [0.4, 0.5) is 13.2 Å². The number of fused-ring (bicyclic) bond motifs is 1. The molecule has 0 radical (unpaired) electrons. The molecule has 0 fully saturated rings. The van der Waals surface area contributed by atoms with Crippen molar-refractivity contribution in [2.75, 3.05) is 0 Å². The molecule has 0 aliphatic carbocycles. The maximum atomic E-state index is 14.0. The highest BCUT2D eigenvalue weighted by molar-refractivity contribution is 6.31. The number of rotatable bonds is 3. The summed E-state index contributed by atoms with van der Waals surface area (Å²) in [5.74, 6) is -2.09. The van der Waals surface area contributed by atoms with Gasteiger partial charge in [-0.3, -0.25) is 4.57 Å². The summed E-state index contributed by atoms with van der Waals surface area (Å²) in [5, 5.41) is 10.9. The molecule has 8 heteroatoms.